The second-order valence-corrected chi connectivity index (χ2v) is 4.29. The normalized spacial score (nSPS) is 12.8. The summed E-state index contributed by atoms with van der Waals surface area (Å²) in [6.07, 6.45) is 2.10. The van der Waals surface area contributed by atoms with Gasteiger partial charge < -0.3 is 16.2 Å². The summed E-state index contributed by atoms with van der Waals surface area (Å²) in [5.41, 5.74) is 6.18. The second-order valence-electron chi connectivity index (χ2n) is 3.95. The number of halogens is 1. The van der Waals surface area contributed by atoms with Gasteiger partial charge in [0.15, 0.2) is 5.82 Å². The van der Waals surface area contributed by atoms with Crippen LogP contribution in [0.5, 0.6) is 0 Å². The van der Waals surface area contributed by atoms with Crippen molar-refractivity contribution < 1.29 is 5.11 Å². The standard InChI is InChI=1S/C10H17ClN4O/c1-6(2)8(3-4-16)14-9-7(12)5-13-10(11)15-9/h5-6,8,16H,3-4,12H2,1-2H3,(H,13,14,15). The van der Waals surface area contributed by atoms with Gasteiger partial charge in [0, 0.05) is 12.6 Å². The number of nitrogens with two attached hydrogens (primary N) is 1. The Morgan fingerprint density at radius 3 is 2.81 bits per heavy atom. The number of aliphatic hydroxyl groups excluding tert-OH is 1. The van der Waals surface area contributed by atoms with Crippen LogP contribution in [0.25, 0.3) is 0 Å². The number of aliphatic hydroxyl groups is 1. The van der Waals surface area contributed by atoms with Gasteiger partial charge in [-0.3, -0.25) is 0 Å². The Labute approximate surface area is 100 Å². The van der Waals surface area contributed by atoms with Crippen molar-refractivity contribution in [3.8, 4) is 0 Å². The Morgan fingerprint density at radius 2 is 2.25 bits per heavy atom. The lowest BCUT2D eigenvalue weighted by molar-refractivity contribution is 0.267. The highest BCUT2D eigenvalue weighted by atomic mass is 35.5. The van der Waals surface area contributed by atoms with E-state index in [1.54, 1.807) is 0 Å². The molecular formula is C10H17ClN4O. The third-order valence-corrected chi connectivity index (χ3v) is 2.54. The van der Waals surface area contributed by atoms with E-state index in [-0.39, 0.29) is 17.9 Å². The molecule has 1 aromatic rings. The summed E-state index contributed by atoms with van der Waals surface area (Å²) in [6, 6.07) is 0.110. The lowest BCUT2D eigenvalue weighted by Gasteiger charge is -2.22. The van der Waals surface area contributed by atoms with Crippen LogP contribution in [-0.4, -0.2) is 27.7 Å². The third kappa shape index (κ3) is 3.50. The van der Waals surface area contributed by atoms with Gasteiger partial charge in [-0.05, 0) is 23.9 Å². The fourth-order valence-electron chi connectivity index (χ4n) is 1.37. The molecule has 5 nitrogen and oxygen atoms in total. The van der Waals surface area contributed by atoms with E-state index >= 15 is 0 Å². The Hall–Kier alpha value is -1.07. The number of hydrogen-bond acceptors (Lipinski definition) is 5. The van der Waals surface area contributed by atoms with Crippen LogP contribution in [-0.2, 0) is 0 Å². The lowest BCUT2D eigenvalue weighted by Crippen LogP contribution is -2.27. The topological polar surface area (TPSA) is 84.1 Å². The first-order chi connectivity index (χ1) is 7.54. The largest absolute Gasteiger partial charge is 0.396 e. The number of anilines is 2. The van der Waals surface area contributed by atoms with Crippen molar-refractivity contribution in [1.82, 2.24) is 9.97 Å². The van der Waals surface area contributed by atoms with Crippen molar-refractivity contribution in [3.05, 3.63) is 11.5 Å². The number of nitrogens with one attached hydrogen (secondary N) is 1. The summed E-state index contributed by atoms with van der Waals surface area (Å²) in [4.78, 5) is 7.79. The minimum Gasteiger partial charge on any atom is -0.396 e. The van der Waals surface area contributed by atoms with Crippen molar-refractivity contribution in [2.45, 2.75) is 26.3 Å². The van der Waals surface area contributed by atoms with Crippen LogP contribution < -0.4 is 11.1 Å². The van der Waals surface area contributed by atoms with E-state index in [0.717, 1.165) is 0 Å². The molecule has 0 aliphatic carbocycles. The Bertz CT molecular complexity index is 346. The van der Waals surface area contributed by atoms with E-state index in [0.29, 0.717) is 23.8 Å². The average molecular weight is 245 g/mol. The van der Waals surface area contributed by atoms with Crippen LogP contribution in [0.15, 0.2) is 6.20 Å². The fourth-order valence-corrected chi connectivity index (χ4v) is 1.51. The second kappa shape index (κ2) is 5.86. The van der Waals surface area contributed by atoms with Crippen LogP contribution in [0.2, 0.25) is 5.28 Å². The number of nitrogens with zero attached hydrogens (tertiary/aromatic N) is 2. The summed E-state index contributed by atoms with van der Waals surface area (Å²) in [6.45, 7) is 4.24. The van der Waals surface area contributed by atoms with Crippen LogP contribution in [0.3, 0.4) is 0 Å². The highest BCUT2D eigenvalue weighted by Crippen LogP contribution is 2.20. The maximum absolute atomic E-state index is 8.96. The zero-order chi connectivity index (χ0) is 12.1. The van der Waals surface area contributed by atoms with Gasteiger partial charge >= 0.3 is 0 Å². The molecule has 0 aliphatic heterocycles. The molecule has 6 heteroatoms. The summed E-state index contributed by atoms with van der Waals surface area (Å²) >= 11 is 5.69. The summed E-state index contributed by atoms with van der Waals surface area (Å²) in [5, 5.41) is 12.3. The SMILES string of the molecule is CC(C)C(CCO)Nc1nc(Cl)ncc1N. The molecule has 16 heavy (non-hydrogen) atoms. The van der Waals surface area contributed by atoms with E-state index in [9.17, 15) is 0 Å². The molecular weight excluding hydrogens is 228 g/mol. The maximum atomic E-state index is 8.96. The molecule has 1 atom stereocenters. The minimum atomic E-state index is 0.110. The number of nitrogen functional groups attached to an aromatic ring is 1. The molecule has 0 aliphatic rings. The molecule has 1 rings (SSSR count). The molecule has 0 fully saturated rings. The first-order valence-electron chi connectivity index (χ1n) is 5.20. The first kappa shape index (κ1) is 13.0. The van der Waals surface area contributed by atoms with Crippen LogP contribution in [0, 0.1) is 5.92 Å². The molecule has 0 aromatic carbocycles. The van der Waals surface area contributed by atoms with Crippen molar-refractivity contribution >= 4 is 23.1 Å². The van der Waals surface area contributed by atoms with Gasteiger partial charge in [-0.1, -0.05) is 13.8 Å². The third-order valence-electron chi connectivity index (χ3n) is 2.35. The summed E-state index contributed by atoms with van der Waals surface area (Å²) in [7, 11) is 0. The number of aromatic nitrogens is 2. The van der Waals surface area contributed by atoms with E-state index in [2.05, 4.69) is 29.1 Å². The highest BCUT2D eigenvalue weighted by Gasteiger charge is 2.14. The van der Waals surface area contributed by atoms with E-state index in [1.165, 1.54) is 6.20 Å². The molecule has 0 bridgehead atoms. The fraction of sp³-hybridized carbons (Fsp3) is 0.600. The predicted molar refractivity (Wildman–Crippen MR) is 65.4 cm³/mol. The zero-order valence-corrected chi connectivity index (χ0v) is 10.2. The zero-order valence-electron chi connectivity index (χ0n) is 9.44. The van der Waals surface area contributed by atoms with Gasteiger partial charge in [0.2, 0.25) is 5.28 Å². The molecule has 1 heterocycles. The van der Waals surface area contributed by atoms with Crippen molar-refractivity contribution in [1.29, 1.82) is 0 Å². The van der Waals surface area contributed by atoms with Crippen molar-refractivity contribution in [3.63, 3.8) is 0 Å². The quantitative estimate of drug-likeness (QED) is 0.684. The molecule has 1 unspecified atom stereocenters. The smallest absolute Gasteiger partial charge is 0.224 e. The van der Waals surface area contributed by atoms with Gasteiger partial charge in [0.25, 0.3) is 0 Å². The Morgan fingerprint density at radius 1 is 1.56 bits per heavy atom. The van der Waals surface area contributed by atoms with Crippen LogP contribution >= 0.6 is 11.6 Å². The van der Waals surface area contributed by atoms with Gasteiger partial charge in [-0.25, -0.2) is 4.98 Å². The van der Waals surface area contributed by atoms with Crippen LogP contribution in [0.1, 0.15) is 20.3 Å². The van der Waals surface area contributed by atoms with Crippen LogP contribution in [0.4, 0.5) is 11.5 Å². The van der Waals surface area contributed by atoms with Crippen molar-refractivity contribution in [2.24, 2.45) is 5.92 Å². The first-order valence-corrected chi connectivity index (χ1v) is 5.57. The molecule has 0 saturated carbocycles. The number of rotatable bonds is 5. The van der Waals surface area contributed by atoms with Gasteiger partial charge in [0.1, 0.15) is 0 Å². The van der Waals surface area contributed by atoms with E-state index in [1.807, 2.05) is 0 Å². The Kier molecular flexibility index (Phi) is 4.76. The minimum absolute atomic E-state index is 0.110. The maximum Gasteiger partial charge on any atom is 0.224 e. The number of hydrogen-bond donors (Lipinski definition) is 3. The van der Waals surface area contributed by atoms with Crippen molar-refractivity contribution in [2.75, 3.05) is 17.7 Å². The molecule has 0 saturated heterocycles. The van der Waals surface area contributed by atoms with Gasteiger partial charge in [-0.15, -0.1) is 0 Å². The molecule has 0 radical (unpaired) electrons. The van der Waals surface area contributed by atoms with Gasteiger partial charge in [0.05, 0.1) is 11.9 Å². The average Bonchev–Trinajstić information content (AvgIpc) is 2.22. The summed E-state index contributed by atoms with van der Waals surface area (Å²) < 4.78 is 0. The molecule has 4 N–H and O–H groups in total. The lowest BCUT2D eigenvalue weighted by atomic mass is 10.0. The summed E-state index contributed by atoms with van der Waals surface area (Å²) in [5.74, 6) is 0.882. The molecule has 0 spiro atoms. The predicted octanol–water partition coefficient (Wildman–Crippen LogP) is 1.53. The highest BCUT2D eigenvalue weighted by molar-refractivity contribution is 6.28. The van der Waals surface area contributed by atoms with E-state index < -0.39 is 0 Å². The Balaban J connectivity index is 2.80. The molecule has 90 valence electrons. The molecule has 0 amide bonds. The molecule has 1 aromatic heterocycles. The van der Waals surface area contributed by atoms with E-state index in [4.69, 9.17) is 22.4 Å². The monoisotopic (exact) mass is 244 g/mol. The van der Waals surface area contributed by atoms with Gasteiger partial charge in [-0.2, -0.15) is 4.98 Å².